The number of nitrogens with one attached hydrogen (secondary N) is 2. The fourth-order valence-electron chi connectivity index (χ4n) is 1.94. The summed E-state index contributed by atoms with van der Waals surface area (Å²) in [6, 6.07) is 7.67. The van der Waals surface area contributed by atoms with Gasteiger partial charge in [-0.15, -0.1) is 11.3 Å². The van der Waals surface area contributed by atoms with Gasteiger partial charge in [0, 0.05) is 11.1 Å². The number of thiophene rings is 1. The number of amides is 1. The summed E-state index contributed by atoms with van der Waals surface area (Å²) >= 11 is 0.983. The van der Waals surface area contributed by atoms with E-state index < -0.39 is 21.4 Å². The molecular formula is C17H20N2O5S2. The summed E-state index contributed by atoms with van der Waals surface area (Å²) in [6.45, 7) is 5.33. The van der Waals surface area contributed by atoms with Crippen LogP contribution in [0.2, 0.25) is 0 Å². The first kappa shape index (κ1) is 19.9. The molecule has 1 aromatic heterocycles. The standard InChI is InChI=1S/C17H20N2O5S2/c1-17(2,3)16(21)18-11-6-5-7-12(10-11)19-26(22,23)13-8-9-25-14(13)15(20)24-4/h5-10,19H,1-4H3,(H,18,21). The number of methoxy groups -OCH3 is 1. The third-order valence-corrected chi connectivity index (χ3v) is 5.79. The summed E-state index contributed by atoms with van der Waals surface area (Å²) in [4.78, 5) is 23.6. The molecule has 140 valence electrons. The number of sulfonamides is 1. The van der Waals surface area contributed by atoms with E-state index in [0.29, 0.717) is 5.69 Å². The highest BCUT2D eigenvalue weighted by Gasteiger charge is 2.25. The molecule has 0 saturated heterocycles. The van der Waals surface area contributed by atoms with Crippen molar-refractivity contribution in [2.45, 2.75) is 25.7 Å². The van der Waals surface area contributed by atoms with E-state index in [-0.39, 0.29) is 21.4 Å². The third-order valence-electron chi connectivity index (χ3n) is 3.34. The van der Waals surface area contributed by atoms with Crippen molar-refractivity contribution in [1.82, 2.24) is 0 Å². The number of hydrogen-bond acceptors (Lipinski definition) is 6. The zero-order valence-electron chi connectivity index (χ0n) is 14.8. The quantitative estimate of drug-likeness (QED) is 0.755. The first-order valence-corrected chi connectivity index (χ1v) is 10.0. The van der Waals surface area contributed by atoms with Crippen molar-refractivity contribution in [2.75, 3.05) is 17.1 Å². The molecule has 26 heavy (non-hydrogen) atoms. The molecule has 0 fully saturated rings. The van der Waals surface area contributed by atoms with Crippen LogP contribution in [-0.4, -0.2) is 27.4 Å². The van der Waals surface area contributed by atoms with Crippen LogP contribution in [0.15, 0.2) is 40.6 Å². The van der Waals surface area contributed by atoms with Gasteiger partial charge in [0.25, 0.3) is 10.0 Å². The van der Waals surface area contributed by atoms with Gasteiger partial charge in [-0.1, -0.05) is 26.8 Å². The van der Waals surface area contributed by atoms with Gasteiger partial charge in [0.05, 0.1) is 12.8 Å². The van der Waals surface area contributed by atoms with Crippen LogP contribution in [0.3, 0.4) is 0 Å². The lowest BCUT2D eigenvalue weighted by Gasteiger charge is -2.18. The smallest absolute Gasteiger partial charge is 0.349 e. The SMILES string of the molecule is COC(=O)c1sccc1S(=O)(=O)Nc1cccc(NC(=O)C(C)(C)C)c1. The molecule has 0 unspecified atom stereocenters. The highest BCUT2D eigenvalue weighted by Crippen LogP contribution is 2.26. The van der Waals surface area contributed by atoms with Gasteiger partial charge >= 0.3 is 5.97 Å². The molecule has 0 aliphatic rings. The average molecular weight is 396 g/mol. The normalized spacial score (nSPS) is 11.7. The summed E-state index contributed by atoms with van der Waals surface area (Å²) in [7, 11) is -2.79. The second-order valence-corrected chi connectivity index (χ2v) is 9.06. The first-order valence-electron chi connectivity index (χ1n) is 7.65. The summed E-state index contributed by atoms with van der Waals surface area (Å²) < 4.78 is 32.2. The molecule has 2 aromatic rings. The minimum Gasteiger partial charge on any atom is -0.465 e. The molecule has 0 radical (unpaired) electrons. The Morgan fingerprint density at radius 2 is 1.77 bits per heavy atom. The van der Waals surface area contributed by atoms with E-state index in [1.807, 2.05) is 0 Å². The lowest BCUT2D eigenvalue weighted by atomic mass is 9.95. The molecular weight excluding hydrogens is 376 g/mol. The number of benzene rings is 1. The summed E-state index contributed by atoms with van der Waals surface area (Å²) in [5.41, 5.74) is 0.143. The topological polar surface area (TPSA) is 102 Å². The van der Waals surface area contributed by atoms with Crippen LogP contribution in [-0.2, 0) is 19.6 Å². The largest absolute Gasteiger partial charge is 0.465 e. The van der Waals surface area contributed by atoms with E-state index in [1.165, 1.54) is 24.6 Å². The lowest BCUT2D eigenvalue weighted by Crippen LogP contribution is -2.27. The predicted octanol–water partition coefficient (Wildman–Crippen LogP) is 3.32. The van der Waals surface area contributed by atoms with Gasteiger partial charge in [-0.2, -0.15) is 0 Å². The number of anilines is 2. The average Bonchev–Trinajstić information content (AvgIpc) is 3.03. The van der Waals surface area contributed by atoms with E-state index in [2.05, 4.69) is 14.8 Å². The maximum absolute atomic E-state index is 12.6. The predicted molar refractivity (Wildman–Crippen MR) is 101 cm³/mol. The van der Waals surface area contributed by atoms with Crippen molar-refractivity contribution in [3.8, 4) is 0 Å². The van der Waals surface area contributed by atoms with Crippen molar-refractivity contribution in [1.29, 1.82) is 0 Å². The molecule has 1 aromatic carbocycles. The molecule has 0 bridgehead atoms. The zero-order chi connectivity index (χ0) is 19.5. The second kappa shape index (κ2) is 7.46. The van der Waals surface area contributed by atoms with Gasteiger partial charge in [0.1, 0.15) is 9.77 Å². The Balaban J connectivity index is 2.26. The number of rotatable bonds is 5. The molecule has 0 aliphatic heterocycles. The molecule has 2 N–H and O–H groups in total. The van der Waals surface area contributed by atoms with Gasteiger partial charge in [0.15, 0.2) is 0 Å². The van der Waals surface area contributed by atoms with Gasteiger partial charge in [-0.25, -0.2) is 13.2 Å². The van der Waals surface area contributed by atoms with Crippen molar-refractivity contribution >= 4 is 44.6 Å². The Labute approximate surface area is 156 Å². The van der Waals surface area contributed by atoms with Gasteiger partial charge < -0.3 is 10.1 Å². The van der Waals surface area contributed by atoms with Crippen LogP contribution in [0.1, 0.15) is 30.4 Å². The van der Waals surface area contributed by atoms with Crippen LogP contribution in [0.4, 0.5) is 11.4 Å². The number of carbonyl (C=O) groups is 2. The van der Waals surface area contributed by atoms with E-state index in [9.17, 15) is 18.0 Å². The molecule has 1 heterocycles. The van der Waals surface area contributed by atoms with Gasteiger partial charge in [-0.05, 0) is 29.6 Å². The van der Waals surface area contributed by atoms with Crippen molar-refractivity contribution < 1.29 is 22.7 Å². The monoisotopic (exact) mass is 396 g/mol. The van der Waals surface area contributed by atoms with E-state index in [4.69, 9.17) is 0 Å². The highest BCUT2D eigenvalue weighted by atomic mass is 32.2. The van der Waals surface area contributed by atoms with E-state index in [0.717, 1.165) is 11.3 Å². The summed E-state index contributed by atoms with van der Waals surface area (Å²) in [6.07, 6.45) is 0. The minimum absolute atomic E-state index is 0.00260. The van der Waals surface area contributed by atoms with Gasteiger partial charge in [0.2, 0.25) is 5.91 Å². The molecule has 7 nitrogen and oxygen atoms in total. The van der Waals surface area contributed by atoms with Crippen molar-refractivity contribution in [2.24, 2.45) is 5.41 Å². The van der Waals surface area contributed by atoms with Crippen LogP contribution in [0.5, 0.6) is 0 Å². The van der Waals surface area contributed by atoms with E-state index >= 15 is 0 Å². The van der Waals surface area contributed by atoms with Crippen molar-refractivity contribution in [3.63, 3.8) is 0 Å². The maximum Gasteiger partial charge on any atom is 0.349 e. The molecule has 2 rings (SSSR count). The van der Waals surface area contributed by atoms with Crippen molar-refractivity contribution in [3.05, 3.63) is 40.6 Å². The maximum atomic E-state index is 12.6. The highest BCUT2D eigenvalue weighted by molar-refractivity contribution is 7.93. The molecule has 1 amide bonds. The molecule has 9 heteroatoms. The summed E-state index contributed by atoms with van der Waals surface area (Å²) in [5, 5.41) is 4.24. The zero-order valence-corrected chi connectivity index (χ0v) is 16.5. The number of hydrogen-bond donors (Lipinski definition) is 2. The van der Waals surface area contributed by atoms with E-state index in [1.54, 1.807) is 39.0 Å². The van der Waals surface area contributed by atoms with Gasteiger partial charge in [-0.3, -0.25) is 9.52 Å². The second-order valence-electron chi connectivity index (χ2n) is 6.50. The lowest BCUT2D eigenvalue weighted by molar-refractivity contribution is -0.123. The third kappa shape index (κ3) is 4.61. The van der Waals surface area contributed by atoms with Crippen LogP contribution >= 0.6 is 11.3 Å². The number of esters is 1. The fourth-order valence-corrected chi connectivity index (χ4v) is 4.33. The molecule has 0 saturated carbocycles. The van der Waals surface area contributed by atoms with Crippen LogP contribution < -0.4 is 10.0 Å². The van der Waals surface area contributed by atoms with Crippen LogP contribution in [0.25, 0.3) is 0 Å². The Morgan fingerprint density at radius 3 is 2.38 bits per heavy atom. The Morgan fingerprint density at radius 1 is 1.12 bits per heavy atom. The number of carbonyl (C=O) groups excluding carboxylic acids is 2. The van der Waals surface area contributed by atoms with Crippen LogP contribution in [0, 0.1) is 5.41 Å². The molecule has 0 atom stereocenters. The first-order chi connectivity index (χ1) is 12.0. The Bertz CT molecular complexity index is 927. The molecule has 0 spiro atoms. The molecule has 0 aliphatic carbocycles. The Kier molecular flexibility index (Phi) is 5.72. The fraction of sp³-hybridized carbons (Fsp3) is 0.294. The summed E-state index contributed by atoms with van der Waals surface area (Å²) in [5.74, 6) is -0.908. The number of ether oxygens (including phenoxy) is 1. The Hall–Kier alpha value is -2.39. The minimum atomic E-state index is -3.98.